The van der Waals surface area contributed by atoms with Gasteiger partial charge in [-0.15, -0.1) is 0 Å². The maximum absolute atomic E-state index is 14.5. The zero-order valence-corrected chi connectivity index (χ0v) is 24.6. The summed E-state index contributed by atoms with van der Waals surface area (Å²) in [7, 11) is -4.00. The number of rotatable bonds is 9. The number of hydrogen-bond acceptors (Lipinski definition) is 4. The Morgan fingerprint density at radius 1 is 0.750 bits per heavy atom. The molecular weight excluding hydrogens is 551 g/mol. The number of aromatic nitrogens is 1. The molecule has 0 fully saturated rings. The number of pyridine rings is 1. The van der Waals surface area contributed by atoms with Gasteiger partial charge in [0.15, 0.2) is 0 Å². The molecule has 0 N–H and O–H groups in total. The Bertz CT molecular complexity index is 1700. The maximum Gasteiger partial charge on any atom is 0.264 e. The van der Waals surface area contributed by atoms with Crippen molar-refractivity contribution in [2.75, 3.05) is 0 Å². The topological polar surface area (TPSA) is 50.3 Å². The van der Waals surface area contributed by atoms with E-state index in [0.29, 0.717) is 11.4 Å². The normalized spacial score (nSPS) is 12.2. The summed E-state index contributed by atoms with van der Waals surface area (Å²) < 4.78 is 30.4. The average Bonchev–Trinajstić information content (AvgIpc) is 3.01. The Kier molecular flexibility index (Phi) is 8.41. The van der Waals surface area contributed by atoms with Crippen LogP contribution < -0.4 is 10.6 Å². The van der Waals surface area contributed by atoms with Gasteiger partial charge in [-0.1, -0.05) is 127 Å². The van der Waals surface area contributed by atoms with E-state index in [2.05, 4.69) is 4.98 Å². The zero-order valence-electron chi connectivity index (χ0n) is 22.0. The molecule has 0 saturated carbocycles. The summed E-state index contributed by atoms with van der Waals surface area (Å²) in [5.41, 5.74) is 2.83. The average molecular weight is 581 g/mol. The van der Waals surface area contributed by atoms with Crippen LogP contribution in [-0.4, -0.2) is 17.7 Å². The summed E-state index contributed by atoms with van der Waals surface area (Å²) in [5.74, 6) is 1.98. The van der Waals surface area contributed by atoms with Gasteiger partial charge in [-0.25, -0.2) is 8.42 Å². The first-order valence-corrected chi connectivity index (χ1v) is 17.2. The summed E-state index contributed by atoms with van der Waals surface area (Å²) in [5, 5.41) is 1.94. The highest BCUT2D eigenvalue weighted by molar-refractivity contribution is 8.23. The third-order valence-electron chi connectivity index (χ3n) is 6.56. The first kappa shape index (κ1) is 27.7. The molecule has 0 saturated heterocycles. The lowest BCUT2D eigenvalue weighted by atomic mass is 10.2. The number of aryl methyl sites for hydroxylation is 1. The zero-order chi connectivity index (χ0) is 28.0. The second-order valence-electron chi connectivity index (χ2n) is 9.37. The SMILES string of the molecule is Cc1ccc(S(=O)(=O)N(Cc2ccccc2)/C(=C/P(=S)(c2ccccc2)c2ccccc2)c2ccccn2)cc1. The Labute approximate surface area is 241 Å². The van der Waals surface area contributed by atoms with Crippen LogP contribution in [0.5, 0.6) is 0 Å². The smallest absolute Gasteiger partial charge is 0.260 e. The lowest BCUT2D eigenvalue weighted by molar-refractivity contribution is 0.506. The molecule has 1 aromatic heterocycles. The van der Waals surface area contributed by atoms with Crippen molar-refractivity contribution in [2.45, 2.75) is 18.4 Å². The molecule has 1 heterocycles. The van der Waals surface area contributed by atoms with Crippen LogP contribution in [0.3, 0.4) is 0 Å². The molecule has 0 radical (unpaired) electrons. The Morgan fingerprint density at radius 2 is 1.27 bits per heavy atom. The molecular formula is C33H29N2O2PS2. The van der Waals surface area contributed by atoms with Crippen LogP contribution in [0.1, 0.15) is 16.8 Å². The standard InChI is InChI=1S/C33H29N2O2PS2/c1-27-20-22-31(23-21-27)40(36,37)35(25-28-13-5-2-6-14-28)33(32-19-11-12-24-34-32)26-38(39,29-15-7-3-8-16-29)30-17-9-4-10-18-30/h2-24,26H,25H2,1H3/b33-26+. The molecule has 0 unspecified atom stereocenters. The second-order valence-corrected chi connectivity index (χ2v) is 15.6. The van der Waals surface area contributed by atoms with E-state index in [4.69, 9.17) is 11.8 Å². The van der Waals surface area contributed by atoms with Crippen molar-refractivity contribution in [3.63, 3.8) is 0 Å². The first-order valence-electron chi connectivity index (χ1n) is 12.9. The highest BCUT2D eigenvalue weighted by Crippen LogP contribution is 2.49. The van der Waals surface area contributed by atoms with E-state index < -0.39 is 16.1 Å². The first-order chi connectivity index (χ1) is 19.4. The maximum atomic E-state index is 14.5. The van der Waals surface area contributed by atoms with Gasteiger partial charge in [0.25, 0.3) is 10.0 Å². The van der Waals surface area contributed by atoms with Gasteiger partial charge < -0.3 is 0 Å². The van der Waals surface area contributed by atoms with Crippen molar-refractivity contribution in [2.24, 2.45) is 0 Å². The van der Waals surface area contributed by atoms with Gasteiger partial charge >= 0.3 is 0 Å². The van der Waals surface area contributed by atoms with Crippen LogP contribution in [0.2, 0.25) is 0 Å². The summed E-state index contributed by atoms with van der Waals surface area (Å²) in [6.07, 6.45) is 1.68. The summed E-state index contributed by atoms with van der Waals surface area (Å²) >= 11 is 6.54. The Hall–Kier alpha value is -3.83. The van der Waals surface area contributed by atoms with E-state index >= 15 is 0 Å². The molecule has 0 spiro atoms. The number of benzene rings is 4. The minimum atomic E-state index is -4.00. The number of nitrogens with zero attached hydrogens (tertiary/aromatic N) is 2. The van der Waals surface area contributed by atoms with Crippen molar-refractivity contribution < 1.29 is 8.42 Å². The molecule has 0 aliphatic carbocycles. The monoisotopic (exact) mass is 580 g/mol. The van der Waals surface area contributed by atoms with Crippen LogP contribution in [0.4, 0.5) is 0 Å². The molecule has 4 aromatic carbocycles. The predicted molar refractivity (Wildman–Crippen MR) is 169 cm³/mol. The third kappa shape index (κ3) is 6.00. The lowest BCUT2D eigenvalue weighted by Crippen LogP contribution is -2.30. The van der Waals surface area contributed by atoms with Crippen molar-refractivity contribution in [3.8, 4) is 0 Å². The molecule has 5 aromatic rings. The van der Waals surface area contributed by atoms with E-state index in [9.17, 15) is 8.42 Å². The van der Waals surface area contributed by atoms with Crippen LogP contribution in [-0.2, 0) is 28.4 Å². The highest BCUT2D eigenvalue weighted by atomic mass is 32.4. The van der Waals surface area contributed by atoms with Crippen LogP contribution in [0.15, 0.2) is 150 Å². The molecule has 40 heavy (non-hydrogen) atoms. The van der Waals surface area contributed by atoms with Gasteiger partial charge in [0.05, 0.1) is 22.8 Å². The van der Waals surface area contributed by atoms with Crippen molar-refractivity contribution >= 4 is 44.2 Å². The molecule has 7 heteroatoms. The molecule has 4 nitrogen and oxygen atoms in total. The minimum Gasteiger partial charge on any atom is -0.260 e. The lowest BCUT2D eigenvalue weighted by Gasteiger charge is -2.30. The van der Waals surface area contributed by atoms with E-state index in [1.165, 1.54) is 4.31 Å². The van der Waals surface area contributed by atoms with Gasteiger partial charge in [0, 0.05) is 12.2 Å². The predicted octanol–water partition coefficient (Wildman–Crippen LogP) is 6.71. The summed E-state index contributed by atoms with van der Waals surface area (Å²) in [4.78, 5) is 4.84. The molecule has 0 amide bonds. The van der Waals surface area contributed by atoms with Gasteiger partial charge in [0.1, 0.15) is 0 Å². The van der Waals surface area contributed by atoms with Crippen molar-refractivity contribution in [1.29, 1.82) is 0 Å². The van der Waals surface area contributed by atoms with E-state index in [1.54, 1.807) is 18.3 Å². The van der Waals surface area contributed by atoms with Crippen LogP contribution in [0.25, 0.3) is 5.70 Å². The van der Waals surface area contributed by atoms with Crippen LogP contribution >= 0.6 is 6.04 Å². The van der Waals surface area contributed by atoms with Gasteiger partial charge in [-0.05, 0) is 53.2 Å². The molecule has 0 atom stereocenters. The van der Waals surface area contributed by atoms with Gasteiger partial charge in [-0.3, -0.25) is 9.29 Å². The molecule has 0 aliphatic heterocycles. The number of sulfonamides is 1. The summed E-state index contributed by atoms with van der Waals surface area (Å²) in [6, 6.07) is 39.3. The van der Waals surface area contributed by atoms with Crippen molar-refractivity contribution in [3.05, 3.63) is 162 Å². The van der Waals surface area contributed by atoms with Crippen LogP contribution in [0, 0.1) is 6.92 Å². The fraction of sp³-hybridized carbons (Fsp3) is 0.0606. The van der Waals surface area contributed by atoms with Gasteiger partial charge in [-0.2, -0.15) is 0 Å². The van der Waals surface area contributed by atoms with E-state index in [0.717, 1.165) is 21.7 Å². The molecule has 200 valence electrons. The largest absolute Gasteiger partial charge is 0.264 e. The molecule has 0 aliphatic rings. The fourth-order valence-electron chi connectivity index (χ4n) is 4.43. The minimum absolute atomic E-state index is 0.123. The quantitative estimate of drug-likeness (QED) is 0.182. The highest BCUT2D eigenvalue weighted by Gasteiger charge is 2.31. The molecule has 0 bridgehead atoms. The third-order valence-corrected chi connectivity index (χ3v) is 12.7. The Balaban J connectivity index is 1.80. The van der Waals surface area contributed by atoms with E-state index in [1.807, 2.05) is 134 Å². The fourth-order valence-corrected chi connectivity index (χ4v) is 9.44. The molecule has 5 rings (SSSR count). The van der Waals surface area contributed by atoms with E-state index in [-0.39, 0.29) is 11.4 Å². The second kappa shape index (κ2) is 12.1. The Morgan fingerprint density at radius 3 is 1.80 bits per heavy atom. The summed E-state index contributed by atoms with van der Waals surface area (Å²) in [6.45, 7) is 2.06. The number of hydrogen-bond donors (Lipinski definition) is 0. The van der Waals surface area contributed by atoms with Gasteiger partial charge in [0.2, 0.25) is 0 Å². The van der Waals surface area contributed by atoms with Crippen molar-refractivity contribution in [1.82, 2.24) is 9.29 Å².